The van der Waals surface area contributed by atoms with Crippen LogP contribution in [0.3, 0.4) is 0 Å². The van der Waals surface area contributed by atoms with Gasteiger partial charge in [0.1, 0.15) is 5.60 Å². The highest BCUT2D eigenvalue weighted by atomic mass is 79.9. The number of ether oxygens (including phenoxy) is 1. The fourth-order valence-corrected chi connectivity index (χ4v) is 4.89. The van der Waals surface area contributed by atoms with Crippen molar-refractivity contribution in [1.82, 2.24) is 4.90 Å². The Labute approximate surface area is 220 Å². The summed E-state index contributed by atoms with van der Waals surface area (Å²) in [5, 5.41) is 0.679. The monoisotopic (exact) mass is 567 g/mol. The normalized spacial score (nSPS) is 13.5. The van der Waals surface area contributed by atoms with E-state index in [1.54, 1.807) is 4.90 Å². The van der Waals surface area contributed by atoms with Gasteiger partial charge >= 0.3 is 6.09 Å². The molecule has 0 heterocycles. The standard InChI is InChI=1S/C27H39BrClNO3Si/c1-26(2,3)32-25(31)30(17-16-20-12-14-22(28)15-13-20)19-24(21-10-9-11-23(29)18-21)33-34(7,8)27(4,5)6/h9-15,18,24H,16-17,19H2,1-8H3/t24-/m1/s1. The molecule has 0 bridgehead atoms. The minimum Gasteiger partial charge on any atom is -0.444 e. The zero-order chi connectivity index (χ0) is 25.7. The van der Waals surface area contributed by atoms with Gasteiger partial charge in [-0.25, -0.2) is 4.79 Å². The number of halogens is 2. The Bertz CT molecular complexity index is 952. The molecule has 0 fully saturated rings. The largest absolute Gasteiger partial charge is 0.444 e. The molecule has 188 valence electrons. The smallest absolute Gasteiger partial charge is 0.410 e. The van der Waals surface area contributed by atoms with Gasteiger partial charge < -0.3 is 14.1 Å². The van der Waals surface area contributed by atoms with Crippen molar-refractivity contribution >= 4 is 41.9 Å². The summed E-state index contributed by atoms with van der Waals surface area (Å²) in [6.07, 6.45) is 0.0713. The van der Waals surface area contributed by atoms with Gasteiger partial charge in [-0.1, -0.05) is 72.6 Å². The van der Waals surface area contributed by atoms with Crippen LogP contribution in [0.2, 0.25) is 23.2 Å². The predicted molar refractivity (Wildman–Crippen MR) is 148 cm³/mol. The van der Waals surface area contributed by atoms with E-state index >= 15 is 0 Å². The second-order valence-corrected chi connectivity index (χ2v) is 17.3. The molecule has 2 aromatic carbocycles. The van der Waals surface area contributed by atoms with Crippen molar-refractivity contribution in [2.24, 2.45) is 0 Å². The molecule has 4 nitrogen and oxygen atoms in total. The lowest BCUT2D eigenvalue weighted by Crippen LogP contribution is -2.46. The van der Waals surface area contributed by atoms with E-state index in [-0.39, 0.29) is 17.2 Å². The molecule has 0 unspecified atom stereocenters. The van der Waals surface area contributed by atoms with Crippen molar-refractivity contribution in [2.45, 2.75) is 77.8 Å². The van der Waals surface area contributed by atoms with E-state index in [4.69, 9.17) is 20.8 Å². The first-order valence-corrected chi connectivity index (χ1v) is 15.8. The fourth-order valence-electron chi connectivity index (χ4n) is 3.15. The van der Waals surface area contributed by atoms with E-state index in [9.17, 15) is 4.79 Å². The molecular weight excluding hydrogens is 530 g/mol. The quantitative estimate of drug-likeness (QED) is 0.299. The average molecular weight is 569 g/mol. The molecule has 1 amide bonds. The maximum Gasteiger partial charge on any atom is 0.410 e. The average Bonchev–Trinajstić information content (AvgIpc) is 2.69. The summed E-state index contributed by atoms with van der Waals surface area (Å²) in [4.78, 5) is 15.0. The molecule has 1 atom stereocenters. The fraction of sp³-hybridized carbons (Fsp3) is 0.519. The van der Waals surface area contributed by atoms with Crippen molar-refractivity contribution in [3.8, 4) is 0 Å². The van der Waals surface area contributed by atoms with Crippen molar-refractivity contribution in [3.63, 3.8) is 0 Å². The number of amides is 1. The summed E-state index contributed by atoms with van der Waals surface area (Å²) in [6.45, 7) is 17.7. The second kappa shape index (κ2) is 11.6. The SMILES string of the molecule is CC(C)(C)OC(=O)N(CCc1ccc(Br)cc1)C[C@@H](O[Si](C)(C)C(C)(C)C)c1cccc(Cl)c1. The molecule has 0 radical (unpaired) electrons. The van der Waals surface area contributed by atoms with Crippen LogP contribution in [0.4, 0.5) is 4.79 Å². The molecule has 0 aliphatic rings. The Morgan fingerprint density at radius 2 is 1.68 bits per heavy atom. The molecule has 0 aliphatic carbocycles. The molecule has 7 heteroatoms. The molecule has 2 aromatic rings. The van der Waals surface area contributed by atoms with Gasteiger partial charge in [-0.3, -0.25) is 0 Å². The number of nitrogens with zero attached hydrogens (tertiary/aromatic N) is 1. The summed E-state index contributed by atoms with van der Waals surface area (Å²) in [7, 11) is -2.14. The van der Waals surface area contributed by atoms with E-state index in [0.717, 1.165) is 22.0 Å². The Balaban J connectivity index is 2.36. The zero-order valence-electron chi connectivity index (χ0n) is 21.7. The van der Waals surface area contributed by atoms with E-state index in [2.05, 4.69) is 61.9 Å². The molecule has 0 N–H and O–H groups in total. The topological polar surface area (TPSA) is 38.8 Å². The van der Waals surface area contributed by atoms with Crippen LogP contribution >= 0.6 is 27.5 Å². The molecule has 2 rings (SSSR count). The van der Waals surface area contributed by atoms with Crippen LogP contribution in [0.25, 0.3) is 0 Å². The number of hydrogen-bond acceptors (Lipinski definition) is 3. The van der Waals surface area contributed by atoms with Crippen LogP contribution in [-0.4, -0.2) is 38.0 Å². The van der Waals surface area contributed by atoms with Gasteiger partial charge in [0.15, 0.2) is 8.32 Å². The van der Waals surface area contributed by atoms with E-state index in [0.29, 0.717) is 18.1 Å². The van der Waals surface area contributed by atoms with Gasteiger partial charge in [0.25, 0.3) is 0 Å². The number of benzene rings is 2. The molecular formula is C27H39BrClNO3Si. The highest BCUT2D eigenvalue weighted by Crippen LogP contribution is 2.40. The zero-order valence-corrected chi connectivity index (χ0v) is 25.1. The molecule has 0 saturated heterocycles. The van der Waals surface area contributed by atoms with E-state index in [1.165, 1.54) is 0 Å². The summed E-state index contributed by atoms with van der Waals surface area (Å²) in [5.74, 6) is 0. The third-order valence-electron chi connectivity index (χ3n) is 6.09. The number of carbonyl (C=O) groups is 1. The van der Waals surface area contributed by atoms with Crippen LogP contribution in [0.5, 0.6) is 0 Å². The van der Waals surface area contributed by atoms with Crippen molar-refractivity contribution in [3.05, 3.63) is 69.2 Å². The van der Waals surface area contributed by atoms with Gasteiger partial charge in [0, 0.05) is 16.0 Å². The van der Waals surface area contributed by atoms with E-state index < -0.39 is 13.9 Å². The maximum absolute atomic E-state index is 13.3. The first-order valence-electron chi connectivity index (χ1n) is 11.7. The Kier molecular flexibility index (Phi) is 9.85. The Hall–Kier alpha value is -1.34. The van der Waals surface area contributed by atoms with Crippen LogP contribution < -0.4 is 0 Å². The highest BCUT2D eigenvalue weighted by Gasteiger charge is 2.40. The summed E-state index contributed by atoms with van der Waals surface area (Å²) in [6, 6.07) is 15.9. The van der Waals surface area contributed by atoms with Gasteiger partial charge in [-0.2, -0.15) is 0 Å². The van der Waals surface area contributed by atoms with Crippen LogP contribution in [-0.2, 0) is 15.6 Å². The first-order chi connectivity index (χ1) is 15.6. The number of carbonyl (C=O) groups excluding carboxylic acids is 1. The summed E-state index contributed by atoms with van der Waals surface area (Å²) >= 11 is 9.82. The molecule has 34 heavy (non-hydrogen) atoms. The van der Waals surface area contributed by atoms with Crippen molar-refractivity contribution in [2.75, 3.05) is 13.1 Å². The second-order valence-electron chi connectivity index (χ2n) is 11.2. The third kappa shape index (κ3) is 9.03. The van der Waals surface area contributed by atoms with Crippen molar-refractivity contribution in [1.29, 1.82) is 0 Å². The minimum absolute atomic E-state index is 0.0258. The third-order valence-corrected chi connectivity index (χ3v) is 11.3. The summed E-state index contributed by atoms with van der Waals surface area (Å²) in [5.41, 5.74) is 1.54. The van der Waals surface area contributed by atoms with Gasteiger partial charge in [0.2, 0.25) is 0 Å². The minimum atomic E-state index is -2.14. The summed E-state index contributed by atoms with van der Waals surface area (Å²) < 4.78 is 13.7. The Morgan fingerprint density at radius 1 is 1.06 bits per heavy atom. The number of hydrogen-bond donors (Lipinski definition) is 0. The molecule has 0 aliphatic heterocycles. The van der Waals surface area contributed by atoms with Crippen molar-refractivity contribution < 1.29 is 14.0 Å². The highest BCUT2D eigenvalue weighted by molar-refractivity contribution is 9.10. The maximum atomic E-state index is 13.3. The van der Waals surface area contributed by atoms with Crippen LogP contribution in [0.15, 0.2) is 53.0 Å². The molecule has 0 saturated carbocycles. The van der Waals surface area contributed by atoms with Crippen LogP contribution in [0, 0.1) is 0 Å². The van der Waals surface area contributed by atoms with Gasteiger partial charge in [0.05, 0.1) is 12.6 Å². The predicted octanol–water partition coefficient (Wildman–Crippen LogP) is 8.65. The number of rotatable bonds is 8. The first kappa shape index (κ1) is 28.9. The van der Waals surface area contributed by atoms with Crippen LogP contribution in [0.1, 0.15) is 58.8 Å². The van der Waals surface area contributed by atoms with Gasteiger partial charge in [-0.05, 0) is 80.7 Å². The lowest BCUT2D eigenvalue weighted by atomic mass is 10.1. The molecule has 0 spiro atoms. The lowest BCUT2D eigenvalue weighted by Gasteiger charge is -2.40. The molecule has 0 aromatic heterocycles. The lowest BCUT2D eigenvalue weighted by molar-refractivity contribution is 0.0159. The van der Waals surface area contributed by atoms with E-state index in [1.807, 2.05) is 57.2 Å². The van der Waals surface area contributed by atoms with Gasteiger partial charge in [-0.15, -0.1) is 0 Å². The Morgan fingerprint density at radius 3 is 2.21 bits per heavy atom.